The average molecular weight is 419 g/mol. The third-order valence-corrected chi connectivity index (χ3v) is 4.90. The molecule has 0 N–H and O–H groups in total. The van der Waals surface area contributed by atoms with E-state index in [-0.39, 0.29) is 5.97 Å². The van der Waals surface area contributed by atoms with Crippen LogP contribution in [-0.4, -0.2) is 24.8 Å². The van der Waals surface area contributed by atoms with Crippen LogP contribution in [0.3, 0.4) is 0 Å². The van der Waals surface area contributed by atoms with Gasteiger partial charge in [0.25, 0.3) is 0 Å². The maximum absolute atomic E-state index is 12.0. The second-order valence-corrected chi connectivity index (χ2v) is 7.82. The van der Waals surface area contributed by atoms with Crippen molar-refractivity contribution >= 4 is 5.97 Å². The summed E-state index contributed by atoms with van der Waals surface area (Å²) >= 11 is 0. The van der Waals surface area contributed by atoms with Crippen LogP contribution in [-0.2, 0) is 16.0 Å². The van der Waals surface area contributed by atoms with Gasteiger partial charge in [0.1, 0.15) is 11.5 Å². The molecule has 0 saturated heterocycles. The van der Waals surface area contributed by atoms with Crippen LogP contribution >= 0.6 is 0 Å². The summed E-state index contributed by atoms with van der Waals surface area (Å²) in [5.74, 6) is 1.16. The van der Waals surface area contributed by atoms with Crippen molar-refractivity contribution in [1.82, 2.24) is 0 Å². The number of ether oxygens (including phenoxy) is 3. The lowest BCUT2D eigenvalue weighted by molar-refractivity contribution is -0.158. The number of hydrogen-bond acceptors (Lipinski definition) is 4. The van der Waals surface area contributed by atoms with Crippen LogP contribution in [0, 0.1) is 0 Å². The summed E-state index contributed by atoms with van der Waals surface area (Å²) in [6.07, 6.45) is 1.82. The van der Waals surface area contributed by atoms with Crippen molar-refractivity contribution in [2.24, 2.45) is 0 Å². The van der Waals surface area contributed by atoms with Crippen molar-refractivity contribution in [2.75, 3.05) is 13.2 Å². The lowest BCUT2D eigenvalue weighted by atomic mass is 10.1. The van der Waals surface area contributed by atoms with Gasteiger partial charge in [-0.15, -0.1) is 0 Å². The first-order valence-corrected chi connectivity index (χ1v) is 10.7. The van der Waals surface area contributed by atoms with Gasteiger partial charge < -0.3 is 14.2 Å². The molecule has 4 nitrogen and oxygen atoms in total. The van der Waals surface area contributed by atoms with Gasteiger partial charge in [-0.05, 0) is 74.6 Å². The van der Waals surface area contributed by atoms with Crippen LogP contribution in [0.15, 0.2) is 78.9 Å². The van der Waals surface area contributed by atoms with E-state index < -0.39 is 5.60 Å². The summed E-state index contributed by atoms with van der Waals surface area (Å²) in [4.78, 5) is 12.0. The smallest absolute Gasteiger partial charge is 0.349 e. The Labute approximate surface area is 184 Å². The molecule has 31 heavy (non-hydrogen) atoms. The molecule has 0 spiro atoms. The maximum Gasteiger partial charge on any atom is 0.349 e. The van der Waals surface area contributed by atoms with Crippen LogP contribution in [0.5, 0.6) is 11.5 Å². The van der Waals surface area contributed by atoms with E-state index in [1.165, 1.54) is 16.7 Å². The first-order chi connectivity index (χ1) is 15.0. The molecule has 0 heterocycles. The standard InChI is InChI=1S/C27H30O4/c1-4-29-26(28)27(2,3)31-25-16-12-21(13-17-25)9-8-20-30-24-18-14-23(15-19-24)22-10-6-5-7-11-22/h5-7,10-19H,4,8-9,20H2,1-3H3. The molecular formula is C27H30O4. The minimum Gasteiger partial charge on any atom is -0.494 e. The van der Waals surface area contributed by atoms with Crippen molar-refractivity contribution in [2.45, 2.75) is 39.2 Å². The van der Waals surface area contributed by atoms with Gasteiger partial charge >= 0.3 is 5.97 Å². The molecule has 4 heteroatoms. The molecule has 0 aliphatic heterocycles. The van der Waals surface area contributed by atoms with E-state index in [2.05, 4.69) is 24.3 Å². The molecular weight excluding hydrogens is 388 g/mol. The predicted octanol–water partition coefficient (Wildman–Crippen LogP) is 6.09. The van der Waals surface area contributed by atoms with Crippen molar-refractivity contribution < 1.29 is 19.0 Å². The van der Waals surface area contributed by atoms with E-state index >= 15 is 0 Å². The Morgan fingerprint density at radius 2 is 1.42 bits per heavy atom. The zero-order valence-electron chi connectivity index (χ0n) is 18.5. The zero-order valence-corrected chi connectivity index (χ0v) is 18.5. The Hall–Kier alpha value is -3.27. The lowest BCUT2D eigenvalue weighted by Gasteiger charge is -2.24. The molecule has 0 atom stereocenters. The van der Waals surface area contributed by atoms with Gasteiger partial charge in [-0.25, -0.2) is 4.79 Å². The highest BCUT2D eigenvalue weighted by molar-refractivity contribution is 5.79. The molecule has 3 aromatic rings. The molecule has 0 saturated carbocycles. The van der Waals surface area contributed by atoms with Gasteiger partial charge in [0.15, 0.2) is 5.60 Å². The van der Waals surface area contributed by atoms with Crippen LogP contribution in [0.25, 0.3) is 11.1 Å². The molecule has 0 aromatic heterocycles. The van der Waals surface area contributed by atoms with Crippen molar-refractivity contribution in [3.63, 3.8) is 0 Å². The summed E-state index contributed by atoms with van der Waals surface area (Å²) in [5.41, 5.74) is 2.57. The molecule has 3 rings (SSSR count). The fourth-order valence-electron chi connectivity index (χ4n) is 3.21. The summed E-state index contributed by atoms with van der Waals surface area (Å²) in [5, 5.41) is 0. The van der Waals surface area contributed by atoms with Crippen LogP contribution < -0.4 is 9.47 Å². The van der Waals surface area contributed by atoms with Crippen LogP contribution in [0.1, 0.15) is 32.8 Å². The molecule has 0 aliphatic carbocycles. The first kappa shape index (κ1) is 22.4. The molecule has 162 valence electrons. The normalized spacial score (nSPS) is 11.1. The quantitative estimate of drug-likeness (QED) is 0.295. The largest absolute Gasteiger partial charge is 0.494 e. The fraction of sp³-hybridized carbons (Fsp3) is 0.296. The fourth-order valence-corrected chi connectivity index (χ4v) is 3.21. The second-order valence-electron chi connectivity index (χ2n) is 7.82. The molecule has 0 amide bonds. The molecule has 0 unspecified atom stereocenters. The number of hydrogen-bond donors (Lipinski definition) is 0. The summed E-state index contributed by atoms with van der Waals surface area (Å²) in [7, 11) is 0. The van der Waals surface area contributed by atoms with Gasteiger partial charge in [-0.3, -0.25) is 0 Å². The Morgan fingerprint density at radius 3 is 2.06 bits per heavy atom. The number of carbonyl (C=O) groups is 1. The van der Waals surface area contributed by atoms with Gasteiger partial charge in [-0.2, -0.15) is 0 Å². The topological polar surface area (TPSA) is 44.8 Å². The Kier molecular flexibility index (Phi) is 7.71. The highest BCUT2D eigenvalue weighted by Gasteiger charge is 2.31. The van der Waals surface area contributed by atoms with E-state index in [0.29, 0.717) is 19.0 Å². The van der Waals surface area contributed by atoms with E-state index in [0.717, 1.165) is 18.6 Å². The Morgan fingerprint density at radius 1 is 0.806 bits per heavy atom. The third kappa shape index (κ3) is 6.61. The monoisotopic (exact) mass is 418 g/mol. The molecule has 0 radical (unpaired) electrons. The molecule has 0 fully saturated rings. The highest BCUT2D eigenvalue weighted by Crippen LogP contribution is 2.23. The van der Waals surface area contributed by atoms with E-state index in [1.54, 1.807) is 20.8 Å². The third-order valence-electron chi connectivity index (χ3n) is 4.90. The zero-order chi connectivity index (χ0) is 22.1. The maximum atomic E-state index is 12.0. The van der Waals surface area contributed by atoms with Gasteiger partial charge in [0.2, 0.25) is 0 Å². The Bertz CT molecular complexity index is 945. The molecule has 0 bridgehead atoms. The number of carbonyl (C=O) groups excluding carboxylic acids is 1. The first-order valence-electron chi connectivity index (χ1n) is 10.7. The number of rotatable bonds is 10. The minimum absolute atomic E-state index is 0.337. The van der Waals surface area contributed by atoms with Crippen LogP contribution in [0.2, 0.25) is 0 Å². The summed E-state index contributed by atoms with van der Waals surface area (Å²) in [6.45, 7) is 6.19. The Balaban J connectivity index is 1.43. The average Bonchev–Trinajstić information content (AvgIpc) is 2.79. The van der Waals surface area contributed by atoms with Gasteiger partial charge in [-0.1, -0.05) is 54.6 Å². The minimum atomic E-state index is -1.01. The summed E-state index contributed by atoms with van der Waals surface area (Å²) in [6, 6.07) is 26.3. The van der Waals surface area contributed by atoms with Gasteiger partial charge in [0.05, 0.1) is 13.2 Å². The van der Waals surface area contributed by atoms with Crippen molar-refractivity contribution in [1.29, 1.82) is 0 Å². The molecule has 0 aliphatic rings. The summed E-state index contributed by atoms with van der Waals surface area (Å²) < 4.78 is 16.7. The van der Waals surface area contributed by atoms with Crippen molar-refractivity contribution in [3.8, 4) is 22.6 Å². The SMILES string of the molecule is CCOC(=O)C(C)(C)Oc1ccc(CCCOc2ccc(-c3ccccc3)cc2)cc1. The van der Waals surface area contributed by atoms with E-state index in [1.807, 2.05) is 54.6 Å². The van der Waals surface area contributed by atoms with Gasteiger partial charge in [0, 0.05) is 0 Å². The predicted molar refractivity (Wildman–Crippen MR) is 123 cm³/mol. The lowest BCUT2D eigenvalue weighted by Crippen LogP contribution is -2.39. The molecule has 3 aromatic carbocycles. The van der Waals surface area contributed by atoms with Crippen LogP contribution in [0.4, 0.5) is 0 Å². The highest BCUT2D eigenvalue weighted by atomic mass is 16.6. The number of benzene rings is 3. The van der Waals surface area contributed by atoms with Crippen molar-refractivity contribution in [3.05, 3.63) is 84.4 Å². The van der Waals surface area contributed by atoms with E-state index in [9.17, 15) is 4.79 Å². The second kappa shape index (κ2) is 10.7. The number of esters is 1. The van der Waals surface area contributed by atoms with E-state index in [4.69, 9.17) is 14.2 Å². The number of aryl methyl sites for hydroxylation is 1.